The molecule has 0 spiro atoms. The van der Waals surface area contributed by atoms with Crippen molar-refractivity contribution in [3.05, 3.63) is 59.1 Å². The molecule has 1 aliphatic heterocycles. The molecule has 9 nitrogen and oxygen atoms in total. The molecule has 11 heteroatoms. The maximum Gasteiger partial charge on any atom is 0.322 e. The van der Waals surface area contributed by atoms with Crippen molar-refractivity contribution >= 4 is 33.5 Å². The smallest absolute Gasteiger partial charge is 0.322 e. The quantitative estimate of drug-likeness (QED) is 0.638. The standard InChI is InChI=1S/C19H17ClN4O5S/c20-15-7-6-14(12-16(15)30(26,27)24-8-10-28-11-9-24)17(25)21-19-23-22-18(29-19)13-4-2-1-3-5-13/h1-7,12H,8-11H2,(H,21,23,25). The van der Waals surface area contributed by atoms with Crippen molar-refractivity contribution in [1.29, 1.82) is 0 Å². The van der Waals surface area contributed by atoms with Crippen LogP contribution in [0.1, 0.15) is 10.4 Å². The first-order valence-corrected chi connectivity index (χ1v) is 10.8. The summed E-state index contributed by atoms with van der Waals surface area (Å²) in [6, 6.07) is 13.0. The molecule has 1 aliphatic rings. The highest BCUT2D eigenvalue weighted by atomic mass is 35.5. The fourth-order valence-corrected chi connectivity index (χ4v) is 4.82. The Morgan fingerprint density at radius 1 is 1.07 bits per heavy atom. The first-order valence-electron chi connectivity index (χ1n) is 9.03. The highest BCUT2D eigenvalue weighted by molar-refractivity contribution is 7.89. The Morgan fingerprint density at radius 2 is 1.80 bits per heavy atom. The molecule has 1 amide bonds. The van der Waals surface area contributed by atoms with Gasteiger partial charge in [-0.15, -0.1) is 5.10 Å². The highest BCUT2D eigenvalue weighted by Gasteiger charge is 2.29. The molecular formula is C19H17ClN4O5S. The van der Waals surface area contributed by atoms with Gasteiger partial charge in [-0.1, -0.05) is 34.9 Å². The van der Waals surface area contributed by atoms with Gasteiger partial charge in [-0.3, -0.25) is 10.1 Å². The van der Waals surface area contributed by atoms with Crippen LogP contribution in [-0.2, 0) is 14.8 Å². The summed E-state index contributed by atoms with van der Waals surface area (Å²) in [7, 11) is -3.86. The van der Waals surface area contributed by atoms with Crippen LogP contribution in [0.25, 0.3) is 11.5 Å². The number of rotatable bonds is 5. The van der Waals surface area contributed by atoms with Crippen molar-refractivity contribution in [2.45, 2.75) is 4.90 Å². The number of carbonyl (C=O) groups excluding carboxylic acids is 1. The molecule has 30 heavy (non-hydrogen) atoms. The van der Waals surface area contributed by atoms with E-state index in [-0.39, 0.29) is 40.5 Å². The number of nitrogens with zero attached hydrogens (tertiary/aromatic N) is 3. The van der Waals surface area contributed by atoms with Gasteiger partial charge in [0.2, 0.25) is 15.9 Å². The van der Waals surface area contributed by atoms with Crippen LogP contribution >= 0.6 is 11.6 Å². The minimum atomic E-state index is -3.86. The number of carbonyl (C=O) groups is 1. The topological polar surface area (TPSA) is 115 Å². The molecule has 1 saturated heterocycles. The monoisotopic (exact) mass is 448 g/mol. The number of morpholine rings is 1. The van der Waals surface area contributed by atoms with Crippen LogP contribution in [-0.4, -0.2) is 55.1 Å². The number of anilines is 1. The van der Waals surface area contributed by atoms with E-state index in [1.54, 1.807) is 12.1 Å². The predicted molar refractivity (Wildman–Crippen MR) is 109 cm³/mol. The van der Waals surface area contributed by atoms with Crippen molar-refractivity contribution in [2.75, 3.05) is 31.6 Å². The second kappa shape index (κ2) is 8.52. The van der Waals surface area contributed by atoms with Gasteiger partial charge in [-0.05, 0) is 30.3 Å². The summed E-state index contributed by atoms with van der Waals surface area (Å²) in [6.07, 6.45) is 0. The molecule has 3 aromatic rings. The van der Waals surface area contributed by atoms with Crippen LogP contribution in [0.5, 0.6) is 0 Å². The van der Waals surface area contributed by atoms with Crippen LogP contribution in [0.15, 0.2) is 57.8 Å². The fraction of sp³-hybridized carbons (Fsp3) is 0.211. The number of aromatic nitrogens is 2. The number of hydrogen-bond donors (Lipinski definition) is 1. The van der Waals surface area contributed by atoms with Gasteiger partial charge in [0.05, 0.1) is 18.2 Å². The van der Waals surface area contributed by atoms with Crippen molar-refractivity contribution in [2.24, 2.45) is 0 Å². The minimum Gasteiger partial charge on any atom is -0.403 e. The minimum absolute atomic E-state index is 0.0298. The highest BCUT2D eigenvalue weighted by Crippen LogP contribution is 2.27. The summed E-state index contributed by atoms with van der Waals surface area (Å²) in [5.41, 5.74) is 0.793. The van der Waals surface area contributed by atoms with Crippen LogP contribution in [0.3, 0.4) is 0 Å². The summed E-state index contributed by atoms with van der Waals surface area (Å²) in [5.74, 6) is -0.356. The molecule has 1 fully saturated rings. The number of hydrogen-bond acceptors (Lipinski definition) is 7. The average Bonchev–Trinajstić information content (AvgIpc) is 3.23. The summed E-state index contributed by atoms with van der Waals surface area (Å²) >= 11 is 6.13. The maximum atomic E-state index is 12.9. The van der Waals surface area contributed by atoms with Crippen molar-refractivity contribution in [3.63, 3.8) is 0 Å². The van der Waals surface area contributed by atoms with E-state index >= 15 is 0 Å². The third-order valence-corrected chi connectivity index (χ3v) is 6.83. The predicted octanol–water partition coefficient (Wildman–Crippen LogP) is 2.66. The van der Waals surface area contributed by atoms with Gasteiger partial charge < -0.3 is 9.15 Å². The van der Waals surface area contributed by atoms with Gasteiger partial charge in [-0.2, -0.15) is 4.31 Å². The largest absolute Gasteiger partial charge is 0.403 e. The molecular weight excluding hydrogens is 432 g/mol. The lowest BCUT2D eigenvalue weighted by Crippen LogP contribution is -2.40. The molecule has 0 saturated carbocycles. The number of sulfonamides is 1. The Kier molecular flexibility index (Phi) is 5.82. The van der Waals surface area contributed by atoms with Crippen molar-refractivity contribution < 1.29 is 22.4 Å². The Labute approximate surface area is 177 Å². The van der Waals surface area contributed by atoms with Crippen molar-refractivity contribution in [1.82, 2.24) is 14.5 Å². The Balaban J connectivity index is 1.55. The summed E-state index contributed by atoms with van der Waals surface area (Å²) in [4.78, 5) is 12.5. The number of nitrogens with one attached hydrogen (secondary N) is 1. The molecule has 0 unspecified atom stereocenters. The lowest BCUT2D eigenvalue weighted by atomic mass is 10.2. The van der Waals surface area contributed by atoms with E-state index in [4.69, 9.17) is 20.8 Å². The van der Waals surface area contributed by atoms with Gasteiger partial charge in [0.15, 0.2) is 0 Å². The molecule has 4 rings (SSSR count). The molecule has 0 aliphatic carbocycles. The van der Waals surface area contributed by atoms with Gasteiger partial charge in [0, 0.05) is 24.2 Å². The SMILES string of the molecule is O=C(Nc1nnc(-c2ccccc2)o1)c1ccc(Cl)c(S(=O)(=O)N2CCOCC2)c1. The first-order chi connectivity index (χ1) is 14.4. The summed E-state index contributed by atoms with van der Waals surface area (Å²) in [6.45, 7) is 1.05. The van der Waals surface area contributed by atoms with Crippen LogP contribution in [0.2, 0.25) is 5.02 Å². The van der Waals surface area contributed by atoms with Gasteiger partial charge in [0.1, 0.15) is 4.90 Å². The van der Waals surface area contributed by atoms with Gasteiger partial charge in [0.25, 0.3) is 5.91 Å². The van der Waals surface area contributed by atoms with Crippen LogP contribution in [0, 0.1) is 0 Å². The van der Waals surface area contributed by atoms with Crippen LogP contribution < -0.4 is 5.32 Å². The summed E-state index contributed by atoms with van der Waals surface area (Å²) < 4.78 is 37.8. The third kappa shape index (κ3) is 4.21. The van der Waals surface area contributed by atoms with E-state index in [0.717, 1.165) is 0 Å². The zero-order valence-electron chi connectivity index (χ0n) is 15.6. The Morgan fingerprint density at radius 3 is 2.53 bits per heavy atom. The zero-order valence-corrected chi connectivity index (χ0v) is 17.2. The Bertz CT molecular complexity index is 1160. The Hall–Kier alpha value is -2.79. The van der Waals surface area contributed by atoms with Crippen molar-refractivity contribution in [3.8, 4) is 11.5 Å². The first kappa shape index (κ1) is 20.5. The molecule has 156 valence electrons. The maximum absolute atomic E-state index is 12.9. The van der Waals surface area contributed by atoms with E-state index in [1.807, 2.05) is 18.2 Å². The molecule has 0 bridgehead atoms. The fourth-order valence-electron chi connectivity index (χ4n) is 2.91. The lowest BCUT2D eigenvalue weighted by molar-refractivity contribution is 0.0730. The van der Waals surface area contributed by atoms with E-state index < -0.39 is 15.9 Å². The summed E-state index contributed by atoms with van der Waals surface area (Å²) in [5, 5.41) is 10.2. The lowest BCUT2D eigenvalue weighted by Gasteiger charge is -2.26. The normalized spacial score (nSPS) is 15.1. The number of amides is 1. The second-order valence-electron chi connectivity index (χ2n) is 6.39. The average molecular weight is 449 g/mol. The zero-order chi connectivity index (χ0) is 21.1. The van der Waals surface area contributed by atoms with E-state index in [2.05, 4.69) is 15.5 Å². The van der Waals surface area contributed by atoms with E-state index in [1.165, 1.54) is 22.5 Å². The number of benzene rings is 2. The molecule has 1 aromatic heterocycles. The van der Waals surface area contributed by atoms with Gasteiger partial charge in [-0.25, -0.2) is 8.42 Å². The van der Waals surface area contributed by atoms with E-state index in [9.17, 15) is 13.2 Å². The van der Waals surface area contributed by atoms with Crippen LogP contribution in [0.4, 0.5) is 6.01 Å². The molecule has 2 heterocycles. The molecule has 1 N–H and O–H groups in total. The van der Waals surface area contributed by atoms with Gasteiger partial charge >= 0.3 is 6.01 Å². The van der Waals surface area contributed by atoms with E-state index in [0.29, 0.717) is 18.8 Å². The molecule has 0 radical (unpaired) electrons. The third-order valence-electron chi connectivity index (χ3n) is 4.45. The number of ether oxygens (including phenoxy) is 1. The second-order valence-corrected chi connectivity index (χ2v) is 8.71. The molecule has 2 aromatic carbocycles. The molecule has 0 atom stereocenters. The number of halogens is 1.